The van der Waals surface area contributed by atoms with E-state index in [9.17, 15) is 0 Å². The predicted octanol–water partition coefficient (Wildman–Crippen LogP) is 1.42. The Morgan fingerprint density at radius 1 is 1.17 bits per heavy atom. The highest BCUT2D eigenvalue weighted by Gasteiger charge is 2.22. The lowest BCUT2D eigenvalue weighted by molar-refractivity contribution is -0.0420. The normalized spacial score (nSPS) is 26.8. The number of aliphatic hydroxyl groups excluding tert-OH is 1. The molecular formula is C14H27NO3. The molecule has 0 aromatic heterocycles. The summed E-state index contributed by atoms with van der Waals surface area (Å²) >= 11 is 0. The van der Waals surface area contributed by atoms with Gasteiger partial charge in [0.15, 0.2) is 0 Å². The highest BCUT2D eigenvalue weighted by molar-refractivity contribution is 4.73. The third-order valence-electron chi connectivity index (χ3n) is 3.96. The number of hydrogen-bond acceptors (Lipinski definition) is 4. The van der Waals surface area contributed by atoms with E-state index >= 15 is 0 Å². The van der Waals surface area contributed by atoms with Crippen LogP contribution in [0.1, 0.15) is 38.5 Å². The van der Waals surface area contributed by atoms with Gasteiger partial charge in [0.25, 0.3) is 0 Å². The molecule has 0 bridgehead atoms. The second kappa shape index (κ2) is 8.10. The Hall–Kier alpha value is -0.160. The molecule has 1 atom stereocenters. The standard InChI is InChI=1S/C14H27NO3/c16-10-2-1-7-15-8-5-13(6-9-15)18-12-14-4-3-11-17-14/h13-14,16H,1-12H2. The molecule has 0 aliphatic carbocycles. The molecule has 18 heavy (non-hydrogen) atoms. The molecule has 2 saturated heterocycles. The Morgan fingerprint density at radius 2 is 2.00 bits per heavy atom. The summed E-state index contributed by atoms with van der Waals surface area (Å²) in [4.78, 5) is 2.49. The molecule has 4 heteroatoms. The van der Waals surface area contributed by atoms with Crippen molar-refractivity contribution >= 4 is 0 Å². The fraction of sp³-hybridized carbons (Fsp3) is 1.00. The summed E-state index contributed by atoms with van der Waals surface area (Å²) < 4.78 is 11.5. The Bertz CT molecular complexity index is 211. The molecule has 2 aliphatic rings. The zero-order chi connectivity index (χ0) is 12.6. The lowest BCUT2D eigenvalue weighted by Crippen LogP contribution is -2.38. The van der Waals surface area contributed by atoms with Gasteiger partial charge in [0, 0.05) is 26.3 Å². The van der Waals surface area contributed by atoms with Gasteiger partial charge in [-0.2, -0.15) is 0 Å². The second-order valence-corrected chi connectivity index (χ2v) is 5.44. The highest BCUT2D eigenvalue weighted by Crippen LogP contribution is 2.17. The third-order valence-corrected chi connectivity index (χ3v) is 3.96. The average Bonchev–Trinajstić information content (AvgIpc) is 2.91. The van der Waals surface area contributed by atoms with Crippen LogP contribution in [-0.4, -0.2) is 61.7 Å². The minimum atomic E-state index is 0.320. The molecule has 1 unspecified atom stereocenters. The van der Waals surface area contributed by atoms with Gasteiger partial charge in [0.1, 0.15) is 0 Å². The molecule has 2 fully saturated rings. The van der Waals surface area contributed by atoms with Crippen LogP contribution in [0.2, 0.25) is 0 Å². The van der Waals surface area contributed by atoms with Gasteiger partial charge in [-0.1, -0.05) is 0 Å². The van der Waals surface area contributed by atoms with Crippen molar-refractivity contribution in [2.24, 2.45) is 0 Å². The van der Waals surface area contributed by atoms with Gasteiger partial charge < -0.3 is 19.5 Å². The summed E-state index contributed by atoms with van der Waals surface area (Å²) in [6, 6.07) is 0. The molecule has 0 aromatic rings. The number of hydrogen-bond donors (Lipinski definition) is 1. The van der Waals surface area contributed by atoms with Crippen molar-refractivity contribution in [3.05, 3.63) is 0 Å². The lowest BCUT2D eigenvalue weighted by Gasteiger charge is -2.32. The van der Waals surface area contributed by atoms with Crippen molar-refractivity contribution < 1.29 is 14.6 Å². The Kier molecular flexibility index (Phi) is 6.41. The molecular weight excluding hydrogens is 230 g/mol. The van der Waals surface area contributed by atoms with Crippen LogP contribution >= 0.6 is 0 Å². The van der Waals surface area contributed by atoms with E-state index in [0.717, 1.165) is 58.5 Å². The Balaban J connectivity index is 1.52. The first-order valence-electron chi connectivity index (χ1n) is 7.45. The first-order valence-corrected chi connectivity index (χ1v) is 7.45. The van der Waals surface area contributed by atoms with Crippen LogP contribution in [0.25, 0.3) is 0 Å². The summed E-state index contributed by atoms with van der Waals surface area (Å²) in [7, 11) is 0. The summed E-state index contributed by atoms with van der Waals surface area (Å²) in [6.45, 7) is 5.43. The molecule has 2 rings (SSSR count). The topological polar surface area (TPSA) is 41.9 Å². The van der Waals surface area contributed by atoms with Crippen LogP contribution in [0.5, 0.6) is 0 Å². The maximum Gasteiger partial charge on any atom is 0.0809 e. The number of likely N-dealkylation sites (tertiary alicyclic amines) is 1. The minimum absolute atomic E-state index is 0.320. The number of aliphatic hydroxyl groups is 1. The first-order chi connectivity index (χ1) is 8.88. The van der Waals surface area contributed by atoms with Gasteiger partial charge >= 0.3 is 0 Å². The molecule has 0 spiro atoms. The number of nitrogens with zero attached hydrogens (tertiary/aromatic N) is 1. The Labute approximate surface area is 110 Å². The van der Waals surface area contributed by atoms with Gasteiger partial charge in [0.05, 0.1) is 18.8 Å². The highest BCUT2D eigenvalue weighted by atomic mass is 16.5. The molecule has 1 N–H and O–H groups in total. The van der Waals surface area contributed by atoms with Gasteiger partial charge in [-0.25, -0.2) is 0 Å². The average molecular weight is 257 g/mol. The fourth-order valence-electron chi connectivity index (χ4n) is 2.77. The molecule has 0 saturated carbocycles. The summed E-state index contributed by atoms with van der Waals surface area (Å²) in [6.07, 6.45) is 7.47. The lowest BCUT2D eigenvalue weighted by atomic mass is 10.1. The zero-order valence-electron chi connectivity index (χ0n) is 11.4. The van der Waals surface area contributed by atoms with E-state index in [1.165, 1.54) is 12.8 Å². The zero-order valence-corrected chi connectivity index (χ0v) is 11.4. The van der Waals surface area contributed by atoms with E-state index in [2.05, 4.69) is 4.90 Å². The molecule has 106 valence electrons. The SMILES string of the molecule is OCCCCN1CCC(OCC2CCCO2)CC1. The maximum absolute atomic E-state index is 8.76. The number of ether oxygens (including phenoxy) is 2. The largest absolute Gasteiger partial charge is 0.396 e. The van der Waals surface area contributed by atoms with Crippen molar-refractivity contribution in [2.45, 2.75) is 50.7 Å². The van der Waals surface area contributed by atoms with Gasteiger partial charge in [-0.05, 0) is 45.1 Å². The first kappa shape index (κ1) is 14.3. The van der Waals surface area contributed by atoms with Crippen LogP contribution in [-0.2, 0) is 9.47 Å². The third kappa shape index (κ3) is 4.84. The molecule has 0 radical (unpaired) electrons. The van der Waals surface area contributed by atoms with Gasteiger partial charge in [-0.3, -0.25) is 0 Å². The Morgan fingerprint density at radius 3 is 2.67 bits per heavy atom. The predicted molar refractivity (Wildman–Crippen MR) is 70.7 cm³/mol. The second-order valence-electron chi connectivity index (χ2n) is 5.44. The summed E-state index contributed by atoms with van der Waals surface area (Å²) in [5.74, 6) is 0. The molecule has 0 amide bonds. The van der Waals surface area contributed by atoms with Gasteiger partial charge in [0.2, 0.25) is 0 Å². The molecule has 2 aliphatic heterocycles. The number of unbranched alkanes of at least 4 members (excludes halogenated alkanes) is 1. The van der Waals surface area contributed by atoms with Crippen LogP contribution < -0.4 is 0 Å². The number of rotatable bonds is 7. The minimum Gasteiger partial charge on any atom is -0.396 e. The van der Waals surface area contributed by atoms with Crippen LogP contribution in [0, 0.1) is 0 Å². The van der Waals surface area contributed by atoms with Crippen LogP contribution in [0.4, 0.5) is 0 Å². The summed E-state index contributed by atoms with van der Waals surface area (Å²) in [5.41, 5.74) is 0. The molecule has 0 aromatic carbocycles. The number of piperidine rings is 1. The van der Waals surface area contributed by atoms with E-state index in [0.29, 0.717) is 18.8 Å². The fourth-order valence-corrected chi connectivity index (χ4v) is 2.77. The maximum atomic E-state index is 8.76. The van der Waals surface area contributed by atoms with Crippen molar-refractivity contribution in [2.75, 3.05) is 39.5 Å². The molecule has 4 nitrogen and oxygen atoms in total. The van der Waals surface area contributed by atoms with Crippen molar-refractivity contribution in [1.82, 2.24) is 4.90 Å². The summed E-state index contributed by atoms with van der Waals surface area (Å²) in [5, 5.41) is 8.76. The smallest absolute Gasteiger partial charge is 0.0809 e. The van der Waals surface area contributed by atoms with Crippen molar-refractivity contribution in [3.63, 3.8) is 0 Å². The monoisotopic (exact) mass is 257 g/mol. The van der Waals surface area contributed by atoms with E-state index in [-0.39, 0.29) is 0 Å². The quantitative estimate of drug-likeness (QED) is 0.700. The van der Waals surface area contributed by atoms with Crippen LogP contribution in [0.15, 0.2) is 0 Å². The van der Waals surface area contributed by atoms with Gasteiger partial charge in [-0.15, -0.1) is 0 Å². The van der Waals surface area contributed by atoms with Crippen LogP contribution in [0.3, 0.4) is 0 Å². The van der Waals surface area contributed by atoms with E-state index < -0.39 is 0 Å². The van der Waals surface area contributed by atoms with E-state index in [4.69, 9.17) is 14.6 Å². The van der Waals surface area contributed by atoms with E-state index in [1.807, 2.05) is 0 Å². The molecule has 2 heterocycles. The van der Waals surface area contributed by atoms with Crippen molar-refractivity contribution in [1.29, 1.82) is 0 Å². The van der Waals surface area contributed by atoms with E-state index in [1.54, 1.807) is 0 Å². The van der Waals surface area contributed by atoms with Crippen molar-refractivity contribution in [3.8, 4) is 0 Å².